The summed E-state index contributed by atoms with van der Waals surface area (Å²) in [5.74, 6) is 1.85. The van der Waals surface area contributed by atoms with Crippen molar-refractivity contribution in [1.29, 1.82) is 0 Å². The average Bonchev–Trinajstić information content (AvgIpc) is 2.12. The Balaban J connectivity index is 2.35. The van der Waals surface area contributed by atoms with Gasteiger partial charge in [0.15, 0.2) is 0 Å². The maximum absolute atomic E-state index is 9.97. The Morgan fingerprint density at radius 1 is 1.50 bits per heavy atom. The highest BCUT2D eigenvalue weighted by molar-refractivity contribution is 8.19. The summed E-state index contributed by atoms with van der Waals surface area (Å²) in [6.07, 6.45) is 0. The molecule has 8 heavy (non-hydrogen) atoms. The zero-order chi connectivity index (χ0) is 5.98. The van der Waals surface area contributed by atoms with E-state index in [9.17, 15) is 10.1 Å². The van der Waals surface area contributed by atoms with Gasteiger partial charge in [0.1, 0.15) is 0 Å². The van der Waals surface area contributed by atoms with E-state index in [1.807, 2.05) is 0 Å². The fourth-order valence-corrected chi connectivity index (χ4v) is 2.85. The first kappa shape index (κ1) is 6.22. The molecular weight excluding hydrogens is 146 g/mol. The van der Waals surface area contributed by atoms with Crippen molar-refractivity contribution in [1.82, 2.24) is 0 Å². The van der Waals surface area contributed by atoms with E-state index in [2.05, 4.69) is 0 Å². The fourth-order valence-electron chi connectivity index (χ4n) is 0.468. The molecule has 0 saturated carbocycles. The molecule has 1 saturated heterocycles. The van der Waals surface area contributed by atoms with Gasteiger partial charge >= 0.3 is 4.71 Å². The Labute approximate surface area is 55.4 Å². The van der Waals surface area contributed by atoms with Gasteiger partial charge in [0.2, 0.25) is 0 Å². The van der Waals surface area contributed by atoms with Crippen LogP contribution in [-0.2, 0) is 0 Å². The van der Waals surface area contributed by atoms with Gasteiger partial charge in [-0.25, -0.2) is 0 Å². The molecule has 0 N–H and O–H groups in total. The lowest BCUT2D eigenvalue weighted by Crippen LogP contribution is -2.06. The Morgan fingerprint density at radius 2 is 2.00 bits per heavy atom. The maximum Gasteiger partial charge on any atom is 0.304 e. The molecule has 46 valence electrons. The predicted molar refractivity (Wildman–Crippen MR) is 35.7 cm³/mol. The summed E-state index contributed by atoms with van der Waals surface area (Å²) in [7, 11) is 0. The molecule has 0 bridgehead atoms. The van der Waals surface area contributed by atoms with Crippen LogP contribution in [0, 0.1) is 10.1 Å². The number of rotatable bonds is 1. The predicted octanol–water partition coefficient (Wildman–Crippen LogP) is 1.03. The van der Waals surface area contributed by atoms with E-state index in [1.54, 1.807) is 0 Å². The molecule has 0 unspecified atom stereocenters. The first-order valence-electron chi connectivity index (χ1n) is 2.17. The smallest absolute Gasteiger partial charge is 0.262 e. The normalized spacial score (nSPS) is 21.5. The number of nitro groups is 1. The molecule has 0 radical (unpaired) electrons. The Hall–Kier alpha value is 0.1000. The van der Waals surface area contributed by atoms with E-state index in [0.717, 1.165) is 11.5 Å². The van der Waals surface area contributed by atoms with Crippen molar-refractivity contribution in [3.8, 4) is 0 Å². The maximum atomic E-state index is 9.97. The third-order valence-corrected chi connectivity index (χ3v) is 3.65. The highest BCUT2D eigenvalue weighted by Gasteiger charge is 2.25. The van der Waals surface area contributed by atoms with E-state index in [1.165, 1.54) is 23.5 Å². The van der Waals surface area contributed by atoms with Crippen LogP contribution in [0.2, 0.25) is 0 Å². The van der Waals surface area contributed by atoms with E-state index >= 15 is 0 Å². The van der Waals surface area contributed by atoms with E-state index in [4.69, 9.17) is 0 Å². The lowest BCUT2D eigenvalue weighted by atomic mass is 11.0. The Kier molecular flexibility index (Phi) is 2.01. The molecule has 0 spiro atoms. The zero-order valence-electron chi connectivity index (χ0n) is 4.07. The Morgan fingerprint density at radius 3 is 2.25 bits per heavy atom. The van der Waals surface area contributed by atoms with Gasteiger partial charge in [-0.2, -0.15) is 0 Å². The molecule has 1 fully saturated rings. The molecule has 0 aromatic carbocycles. The van der Waals surface area contributed by atoms with Gasteiger partial charge in [0.25, 0.3) is 0 Å². The number of hydrogen-bond donors (Lipinski definition) is 0. The Bertz CT molecular complexity index is 101. The van der Waals surface area contributed by atoms with Crippen LogP contribution in [0.4, 0.5) is 0 Å². The summed E-state index contributed by atoms with van der Waals surface area (Å²) in [6.45, 7) is 0. The van der Waals surface area contributed by atoms with Crippen molar-refractivity contribution in [2.24, 2.45) is 0 Å². The molecule has 1 heterocycles. The second kappa shape index (κ2) is 2.59. The van der Waals surface area contributed by atoms with Crippen molar-refractivity contribution in [2.75, 3.05) is 11.5 Å². The van der Waals surface area contributed by atoms with Crippen molar-refractivity contribution in [3.05, 3.63) is 10.1 Å². The molecule has 3 nitrogen and oxygen atoms in total. The topological polar surface area (TPSA) is 43.1 Å². The summed E-state index contributed by atoms with van der Waals surface area (Å²) in [4.78, 5) is 9.73. The molecule has 5 heteroatoms. The standard InChI is InChI=1S/C3H5NO2S2/c5-4(6)3-7-1-2-8-3/h3H,1-2H2. The lowest BCUT2D eigenvalue weighted by Gasteiger charge is -1.93. The van der Waals surface area contributed by atoms with Gasteiger partial charge in [0.05, 0.1) is 0 Å². The summed E-state index contributed by atoms with van der Waals surface area (Å²) >= 11 is 2.83. The van der Waals surface area contributed by atoms with Gasteiger partial charge in [-0.1, -0.05) is 23.5 Å². The SMILES string of the molecule is O=[N+]([O-])C1SCCS1. The minimum Gasteiger partial charge on any atom is -0.262 e. The van der Waals surface area contributed by atoms with Crippen LogP contribution in [0.5, 0.6) is 0 Å². The number of nitrogens with zero attached hydrogens (tertiary/aromatic N) is 1. The van der Waals surface area contributed by atoms with Gasteiger partial charge < -0.3 is 0 Å². The van der Waals surface area contributed by atoms with Crippen molar-refractivity contribution in [3.63, 3.8) is 0 Å². The summed E-state index contributed by atoms with van der Waals surface area (Å²) in [5.41, 5.74) is 0. The molecule has 1 aliphatic rings. The van der Waals surface area contributed by atoms with Gasteiger partial charge in [-0.15, -0.1) is 0 Å². The number of thioether (sulfide) groups is 2. The molecular formula is C3H5NO2S2. The van der Waals surface area contributed by atoms with Crippen molar-refractivity contribution < 1.29 is 4.92 Å². The first-order chi connectivity index (χ1) is 3.80. The average molecular weight is 151 g/mol. The molecule has 0 aromatic rings. The lowest BCUT2D eigenvalue weighted by molar-refractivity contribution is -0.470. The van der Waals surface area contributed by atoms with Crippen LogP contribution in [0.25, 0.3) is 0 Å². The highest BCUT2D eigenvalue weighted by atomic mass is 32.2. The molecule has 1 aliphatic heterocycles. The van der Waals surface area contributed by atoms with E-state index in [-0.39, 0.29) is 9.63 Å². The van der Waals surface area contributed by atoms with Crippen LogP contribution < -0.4 is 0 Å². The van der Waals surface area contributed by atoms with Gasteiger partial charge in [-0.3, -0.25) is 10.1 Å². The minimum absolute atomic E-state index is 0.234. The third kappa shape index (κ3) is 1.29. The molecule has 0 atom stereocenters. The molecule has 0 amide bonds. The largest absolute Gasteiger partial charge is 0.304 e. The second-order valence-electron chi connectivity index (χ2n) is 1.33. The first-order valence-corrected chi connectivity index (χ1v) is 4.27. The van der Waals surface area contributed by atoms with Crippen LogP contribution in [-0.4, -0.2) is 21.1 Å². The van der Waals surface area contributed by atoms with Crippen LogP contribution in [0.3, 0.4) is 0 Å². The third-order valence-electron chi connectivity index (χ3n) is 0.776. The minimum atomic E-state index is -0.380. The fraction of sp³-hybridized carbons (Fsp3) is 1.00. The highest BCUT2D eigenvalue weighted by Crippen LogP contribution is 2.31. The summed E-state index contributed by atoms with van der Waals surface area (Å²) in [6, 6.07) is 0. The van der Waals surface area contributed by atoms with Gasteiger partial charge in [0, 0.05) is 16.4 Å². The molecule has 1 rings (SSSR count). The van der Waals surface area contributed by atoms with Crippen LogP contribution in [0.1, 0.15) is 0 Å². The molecule has 0 aromatic heterocycles. The zero-order valence-corrected chi connectivity index (χ0v) is 5.70. The second-order valence-corrected chi connectivity index (χ2v) is 4.01. The number of hydrogen-bond acceptors (Lipinski definition) is 4. The molecule has 0 aliphatic carbocycles. The monoisotopic (exact) mass is 151 g/mol. The quantitative estimate of drug-likeness (QED) is 0.414. The summed E-state index contributed by atoms with van der Waals surface area (Å²) in [5, 5.41) is 9.97. The van der Waals surface area contributed by atoms with Gasteiger partial charge in [-0.05, 0) is 0 Å². The van der Waals surface area contributed by atoms with Crippen LogP contribution in [0.15, 0.2) is 0 Å². The van der Waals surface area contributed by atoms with E-state index in [0.29, 0.717) is 0 Å². The van der Waals surface area contributed by atoms with Crippen molar-refractivity contribution in [2.45, 2.75) is 4.71 Å². The van der Waals surface area contributed by atoms with E-state index < -0.39 is 0 Å². The van der Waals surface area contributed by atoms with Crippen LogP contribution >= 0.6 is 23.5 Å². The van der Waals surface area contributed by atoms with Crippen molar-refractivity contribution >= 4 is 23.5 Å². The summed E-state index contributed by atoms with van der Waals surface area (Å²) < 4.78 is -0.380.